The molecule has 0 spiro atoms. The third-order valence-corrected chi connectivity index (χ3v) is 7.07. The first-order valence-corrected chi connectivity index (χ1v) is 13.1. The lowest BCUT2D eigenvalue weighted by Crippen LogP contribution is -2.46. The van der Waals surface area contributed by atoms with Gasteiger partial charge in [0.2, 0.25) is 0 Å². The summed E-state index contributed by atoms with van der Waals surface area (Å²) in [6.07, 6.45) is 1.33. The van der Waals surface area contributed by atoms with Crippen LogP contribution in [0.4, 0.5) is 37.3 Å². The summed E-state index contributed by atoms with van der Waals surface area (Å²) >= 11 is 0. The molecule has 0 aliphatic carbocycles. The fourth-order valence-electron chi connectivity index (χ4n) is 4.73. The van der Waals surface area contributed by atoms with Crippen molar-refractivity contribution in [1.29, 1.82) is 0 Å². The first-order chi connectivity index (χ1) is 20.2. The Balaban J connectivity index is 1.36. The number of halogens is 2. The topological polar surface area (TPSA) is 135 Å². The Morgan fingerprint density at radius 3 is 2.38 bits per heavy atom. The van der Waals surface area contributed by atoms with Gasteiger partial charge in [-0.2, -0.15) is 0 Å². The number of nitrogens with zero attached hydrogens (tertiary/aromatic N) is 4. The molecule has 12 nitrogen and oxygen atoms in total. The van der Waals surface area contributed by atoms with E-state index in [1.165, 1.54) is 38.6 Å². The van der Waals surface area contributed by atoms with E-state index in [1.54, 1.807) is 6.07 Å². The lowest BCUT2D eigenvalue weighted by molar-refractivity contribution is -0.383. The summed E-state index contributed by atoms with van der Waals surface area (Å²) in [7, 11) is 2.38. The SMILES string of the molecule is CCN1CCN(c2ccc(Nc3cc4cc(C(=O)Nc5c(F)c(OC)cc(OC)c5F)oc4cn3)c([N+](=O)[O-])c2)CC1. The molecule has 2 N–H and O–H groups in total. The maximum atomic E-state index is 14.7. The van der Waals surface area contributed by atoms with E-state index >= 15 is 0 Å². The Morgan fingerprint density at radius 2 is 1.76 bits per heavy atom. The maximum absolute atomic E-state index is 14.7. The number of nitro groups is 1. The van der Waals surface area contributed by atoms with Crippen molar-refractivity contribution in [3.8, 4) is 11.5 Å². The number of carbonyl (C=O) groups excluding carboxylic acids is 1. The molecule has 0 unspecified atom stereocenters. The summed E-state index contributed by atoms with van der Waals surface area (Å²) < 4.78 is 44.7. The van der Waals surface area contributed by atoms with Crippen LogP contribution < -0.4 is 25.0 Å². The number of fused-ring (bicyclic) bond motifs is 1. The number of piperazine rings is 1. The quantitative estimate of drug-likeness (QED) is 0.201. The van der Waals surface area contributed by atoms with Crippen molar-refractivity contribution in [2.45, 2.75) is 6.92 Å². The minimum absolute atomic E-state index is 0.114. The molecule has 0 atom stereocenters. The molecular formula is C28H28F2N6O6. The third-order valence-electron chi connectivity index (χ3n) is 7.07. The van der Waals surface area contributed by atoms with Crippen LogP contribution in [0.15, 0.2) is 47.0 Å². The minimum atomic E-state index is -1.12. The lowest BCUT2D eigenvalue weighted by atomic mass is 10.2. The summed E-state index contributed by atoms with van der Waals surface area (Å²) in [6.45, 7) is 6.39. The van der Waals surface area contributed by atoms with Crippen molar-refractivity contribution in [2.24, 2.45) is 0 Å². The van der Waals surface area contributed by atoms with Gasteiger partial charge >= 0.3 is 0 Å². The third kappa shape index (κ3) is 5.61. The number of hydrogen-bond acceptors (Lipinski definition) is 10. The first-order valence-electron chi connectivity index (χ1n) is 13.1. The number of hydrogen-bond donors (Lipinski definition) is 2. The molecule has 0 radical (unpaired) electrons. The van der Waals surface area contributed by atoms with Crippen molar-refractivity contribution >= 4 is 45.4 Å². The van der Waals surface area contributed by atoms with Gasteiger partial charge in [0.05, 0.1) is 25.3 Å². The van der Waals surface area contributed by atoms with Gasteiger partial charge in [0.1, 0.15) is 17.2 Å². The van der Waals surface area contributed by atoms with Gasteiger partial charge in [-0.3, -0.25) is 14.9 Å². The highest BCUT2D eigenvalue weighted by Crippen LogP contribution is 2.36. The number of pyridine rings is 1. The number of amides is 1. The molecule has 1 fully saturated rings. The molecule has 3 heterocycles. The van der Waals surface area contributed by atoms with Crippen LogP contribution in [-0.4, -0.2) is 67.7 Å². The van der Waals surface area contributed by atoms with Crippen molar-refractivity contribution in [1.82, 2.24) is 9.88 Å². The van der Waals surface area contributed by atoms with Crippen LogP contribution in [0, 0.1) is 21.7 Å². The number of rotatable bonds is 9. The van der Waals surface area contributed by atoms with Gasteiger partial charge in [-0.05, 0) is 30.8 Å². The zero-order valence-electron chi connectivity index (χ0n) is 23.1. The van der Waals surface area contributed by atoms with Crippen molar-refractivity contribution < 1.29 is 32.4 Å². The summed E-state index contributed by atoms with van der Waals surface area (Å²) in [6, 6.07) is 8.90. The summed E-state index contributed by atoms with van der Waals surface area (Å²) in [5.74, 6) is -3.81. The number of benzene rings is 2. The van der Waals surface area contributed by atoms with Gasteiger partial charge in [-0.15, -0.1) is 0 Å². The molecule has 2 aromatic heterocycles. The average Bonchev–Trinajstić information content (AvgIpc) is 3.43. The highest BCUT2D eigenvalue weighted by Gasteiger charge is 2.24. The van der Waals surface area contributed by atoms with E-state index in [0.717, 1.165) is 44.5 Å². The summed E-state index contributed by atoms with van der Waals surface area (Å²) in [5, 5.41) is 17.4. The predicted molar refractivity (Wildman–Crippen MR) is 152 cm³/mol. The second-order valence-electron chi connectivity index (χ2n) is 9.46. The van der Waals surface area contributed by atoms with Crippen molar-refractivity contribution in [3.63, 3.8) is 0 Å². The number of aromatic nitrogens is 1. The van der Waals surface area contributed by atoms with E-state index in [2.05, 4.69) is 32.3 Å². The van der Waals surface area contributed by atoms with Crippen LogP contribution in [0.2, 0.25) is 0 Å². The lowest BCUT2D eigenvalue weighted by Gasteiger charge is -2.35. The highest BCUT2D eigenvalue weighted by atomic mass is 19.1. The number of furan rings is 1. The molecule has 0 bridgehead atoms. The number of nitro benzene ring substituents is 1. The number of ether oxygens (including phenoxy) is 2. The van der Waals surface area contributed by atoms with E-state index in [-0.39, 0.29) is 40.0 Å². The largest absolute Gasteiger partial charge is 0.493 e. The summed E-state index contributed by atoms with van der Waals surface area (Å²) in [5.41, 5.74) is 0.337. The molecule has 14 heteroatoms. The fraction of sp³-hybridized carbons (Fsp3) is 0.286. The number of methoxy groups -OCH3 is 2. The molecule has 2 aromatic carbocycles. The zero-order chi connectivity index (χ0) is 30.0. The second-order valence-corrected chi connectivity index (χ2v) is 9.46. The average molecular weight is 583 g/mol. The molecule has 0 saturated carbocycles. The van der Waals surface area contributed by atoms with Crippen molar-refractivity contribution in [3.05, 3.63) is 70.1 Å². The van der Waals surface area contributed by atoms with Gasteiger partial charge in [0.15, 0.2) is 34.5 Å². The Hall–Kier alpha value is -4.98. The molecule has 220 valence electrons. The van der Waals surface area contributed by atoms with E-state index in [0.29, 0.717) is 5.39 Å². The van der Waals surface area contributed by atoms with Crippen LogP contribution in [0.5, 0.6) is 11.5 Å². The minimum Gasteiger partial charge on any atom is -0.493 e. The van der Waals surface area contributed by atoms with Crippen molar-refractivity contribution in [2.75, 3.05) is 62.5 Å². The van der Waals surface area contributed by atoms with Crippen LogP contribution >= 0.6 is 0 Å². The molecule has 1 amide bonds. The molecule has 1 aliphatic heterocycles. The number of anilines is 4. The molecule has 4 aromatic rings. The van der Waals surface area contributed by atoms with Crippen LogP contribution in [0.25, 0.3) is 11.0 Å². The normalized spacial score (nSPS) is 13.7. The Labute approximate surface area is 239 Å². The maximum Gasteiger partial charge on any atom is 0.294 e. The fourth-order valence-corrected chi connectivity index (χ4v) is 4.73. The molecule has 1 saturated heterocycles. The number of carbonyl (C=O) groups is 1. The van der Waals surface area contributed by atoms with Crippen LogP contribution in [-0.2, 0) is 0 Å². The van der Waals surface area contributed by atoms with Gasteiger partial charge < -0.3 is 34.3 Å². The summed E-state index contributed by atoms with van der Waals surface area (Å²) in [4.78, 5) is 33.0. The van der Waals surface area contributed by atoms with E-state index in [4.69, 9.17) is 13.9 Å². The Bertz CT molecular complexity index is 1630. The van der Waals surface area contributed by atoms with Gasteiger partial charge in [-0.25, -0.2) is 13.8 Å². The van der Waals surface area contributed by atoms with E-state index in [1.807, 2.05) is 6.07 Å². The predicted octanol–water partition coefficient (Wildman–Crippen LogP) is 5.17. The number of nitrogens with one attached hydrogen (secondary N) is 2. The monoisotopic (exact) mass is 582 g/mol. The molecule has 1 aliphatic rings. The van der Waals surface area contributed by atoms with Crippen LogP contribution in [0.1, 0.15) is 17.5 Å². The van der Waals surface area contributed by atoms with Gasteiger partial charge in [-0.1, -0.05) is 6.92 Å². The smallest absolute Gasteiger partial charge is 0.294 e. The molecular weight excluding hydrogens is 554 g/mol. The second kappa shape index (κ2) is 11.9. The Morgan fingerprint density at radius 1 is 1.07 bits per heavy atom. The van der Waals surface area contributed by atoms with Crippen LogP contribution in [0.3, 0.4) is 0 Å². The van der Waals surface area contributed by atoms with Gasteiger partial charge in [0.25, 0.3) is 11.6 Å². The van der Waals surface area contributed by atoms with E-state index < -0.39 is 28.2 Å². The molecule has 5 rings (SSSR count). The van der Waals surface area contributed by atoms with E-state index in [9.17, 15) is 23.7 Å². The number of likely N-dealkylation sites (N-methyl/N-ethyl adjacent to an activating group) is 1. The standard InChI is InChI=1S/C28H28F2N6O6/c1-4-34-7-9-35(10-8-34)17-5-6-18(19(13-17)36(38)39)32-24-12-16-11-22(42-23(16)15-31-24)28(37)33-27-25(29)20(40-2)14-21(41-3)26(27)30/h5-6,11-15H,4,7-10H2,1-3H3,(H,31,32)(H,33,37). The zero-order valence-corrected chi connectivity index (χ0v) is 23.1. The Kier molecular flexibility index (Phi) is 8.06. The molecule has 42 heavy (non-hydrogen) atoms. The van der Waals surface area contributed by atoms with Gasteiger partial charge in [0, 0.05) is 49.4 Å². The highest BCUT2D eigenvalue weighted by molar-refractivity contribution is 6.05. The first kappa shape index (κ1) is 28.5.